The minimum Gasteiger partial charge on any atom is -0.328 e. The van der Waals surface area contributed by atoms with Crippen LogP contribution in [0.15, 0.2) is 17.3 Å². The van der Waals surface area contributed by atoms with Gasteiger partial charge in [-0.05, 0) is 31.7 Å². The van der Waals surface area contributed by atoms with E-state index in [4.69, 9.17) is 5.73 Å². The molecule has 102 valence electrons. The van der Waals surface area contributed by atoms with Gasteiger partial charge in [-0.3, -0.25) is 4.68 Å². The standard InChI is InChI=1S/C11H20N4O2S/c1-9(12)10-4-7-15(8-5-10)18(16,17)11-3-6-13-14(11)2/h3,6,9-10H,4-5,7-8,12H2,1-2H3. The van der Waals surface area contributed by atoms with E-state index >= 15 is 0 Å². The molecular formula is C11H20N4O2S. The molecule has 0 aromatic carbocycles. The van der Waals surface area contributed by atoms with E-state index in [1.807, 2.05) is 6.92 Å². The first kappa shape index (κ1) is 13.5. The van der Waals surface area contributed by atoms with E-state index in [-0.39, 0.29) is 11.1 Å². The maximum Gasteiger partial charge on any atom is 0.260 e. The molecule has 0 amide bonds. The lowest BCUT2D eigenvalue weighted by molar-refractivity contribution is 0.249. The number of nitrogens with two attached hydrogens (primary N) is 1. The van der Waals surface area contributed by atoms with Gasteiger partial charge in [-0.25, -0.2) is 8.42 Å². The number of aryl methyl sites for hydroxylation is 1. The summed E-state index contributed by atoms with van der Waals surface area (Å²) in [6.07, 6.45) is 3.16. The van der Waals surface area contributed by atoms with E-state index in [2.05, 4.69) is 5.10 Å². The zero-order chi connectivity index (χ0) is 13.3. The Labute approximate surface area is 108 Å². The van der Waals surface area contributed by atoms with Gasteiger partial charge in [-0.15, -0.1) is 0 Å². The van der Waals surface area contributed by atoms with Crippen LogP contribution in [0.3, 0.4) is 0 Å². The van der Waals surface area contributed by atoms with Gasteiger partial charge >= 0.3 is 0 Å². The number of hydrogen-bond acceptors (Lipinski definition) is 4. The molecule has 0 radical (unpaired) electrons. The second kappa shape index (κ2) is 4.99. The van der Waals surface area contributed by atoms with Crippen LogP contribution >= 0.6 is 0 Å². The molecule has 2 rings (SSSR count). The Morgan fingerprint density at radius 1 is 1.44 bits per heavy atom. The third-order valence-corrected chi connectivity index (χ3v) is 5.60. The molecule has 0 saturated carbocycles. The van der Waals surface area contributed by atoms with Gasteiger partial charge in [0.2, 0.25) is 0 Å². The van der Waals surface area contributed by atoms with Crippen molar-refractivity contribution in [1.29, 1.82) is 0 Å². The molecule has 0 bridgehead atoms. The summed E-state index contributed by atoms with van der Waals surface area (Å²) in [5.74, 6) is 0.419. The molecular weight excluding hydrogens is 252 g/mol. The number of nitrogens with zero attached hydrogens (tertiary/aromatic N) is 3. The molecule has 0 spiro atoms. The Bertz CT molecular complexity index is 501. The smallest absolute Gasteiger partial charge is 0.260 e. The van der Waals surface area contributed by atoms with Crippen LogP contribution in [0.25, 0.3) is 0 Å². The molecule has 1 atom stereocenters. The summed E-state index contributed by atoms with van der Waals surface area (Å²) in [6, 6.07) is 1.67. The van der Waals surface area contributed by atoms with Gasteiger partial charge in [0.05, 0.1) is 6.20 Å². The molecule has 0 aliphatic carbocycles. The van der Waals surface area contributed by atoms with Crippen LogP contribution in [0, 0.1) is 5.92 Å². The van der Waals surface area contributed by atoms with Crippen molar-refractivity contribution in [2.45, 2.75) is 30.8 Å². The van der Waals surface area contributed by atoms with Crippen molar-refractivity contribution in [1.82, 2.24) is 14.1 Å². The van der Waals surface area contributed by atoms with Gasteiger partial charge in [0.25, 0.3) is 10.0 Å². The van der Waals surface area contributed by atoms with Crippen molar-refractivity contribution in [3.63, 3.8) is 0 Å². The molecule has 7 heteroatoms. The van der Waals surface area contributed by atoms with E-state index in [0.717, 1.165) is 12.8 Å². The molecule has 1 unspecified atom stereocenters. The molecule has 1 aliphatic rings. The van der Waals surface area contributed by atoms with Gasteiger partial charge in [0.15, 0.2) is 5.03 Å². The third-order valence-electron chi connectivity index (χ3n) is 3.62. The van der Waals surface area contributed by atoms with Gasteiger partial charge in [-0.1, -0.05) is 0 Å². The second-order valence-corrected chi connectivity index (χ2v) is 6.78. The average Bonchev–Trinajstić information content (AvgIpc) is 2.76. The highest BCUT2D eigenvalue weighted by atomic mass is 32.2. The van der Waals surface area contributed by atoms with E-state index < -0.39 is 10.0 Å². The Hall–Kier alpha value is -0.920. The lowest BCUT2D eigenvalue weighted by Gasteiger charge is -2.32. The quantitative estimate of drug-likeness (QED) is 0.850. The van der Waals surface area contributed by atoms with Gasteiger partial charge in [0, 0.05) is 26.2 Å². The van der Waals surface area contributed by atoms with Crippen LogP contribution in [-0.2, 0) is 17.1 Å². The van der Waals surface area contributed by atoms with Crippen molar-refractivity contribution >= 4 is 10.0 Å². The highest BCUT2D eigenvalue weighted by Crippen LogP contribution is 2.24. The Balaban J connectivity index is 2.12. The van der Waals surface area contributed by atoms with Crippen molar-refractivity contribution in [2.75, 3.05) is 13.1 Å². The molecule has 1 fully saturated rings. The van der Waals surface area contributed by atoms with Crippen LogP contribution in [0.1, 0.15) is 19.8 Å². The van der Waals surface area contributed by atoms with Crippen molar-refractivity contribution in [3.8, 4) is 0 Å². The highest BCUT2D eigenvalue weighted by Gasteiger charge is 2.31. The fourth-order valence-electron chi connectivity index (χ4n) is 2.39. The van der Waals surface area contributed by atoms with E-state index in [9.17, 15) is 8.42 Å². The normalized spacial score (nSPS) is 21.1. The molecule has 18 heavy (non-hydrogen) atoms. The second-order valence-electron chi connectivity index (χ2n) is 4.89. The van der Waals surface area contributed by atoms with Gasteiger partial charge in [-0.2, -0.15) is 9.40 Å². The number of hydrogen-bond donors (Lipinski definition) is 1. The first-order chi connectivity index (χ1) is 8.43. The van der Waals surface area contributed by atoms with E-state index in [1.165, 1.54) is 21.3 Å². The maximum atomic E-state index is 12.4. The highest BCUT2D eigenvalue weighted by molar-refractivity contribution is 7.89. The molecule has 1 aliphatic heterocycles. The summed E-state index contributed by atoms with van der Waals surface area (Å²) in [7, 11) is -1.77. The zero-order valence-electron chi connectivity index (χ0n) is 10.8. The van der Waals surface area contributed by atoms with E-state index in [0.29, 0.717) is 19.0 Å². The van der Waals surface area contributed by atoms with Crippen LogP contribution in [0.5, 0.6) is 0 Å². The van der Waals surface area contributed by atoms with Crippen LogP contribution < -0.4 is 5.73 Å². The predicted octanol–water partition coefficient (Wildman–Crippen LogP) is 0.168. The minimum absolute atomic E-state index is 0.131. The fourth-order valence-corrected chi connectivity index (χ4v) is 3.96. The summed E-state index contributed by atoms with van der Waals surface area (Å²) < 4.78 is 27.7. The topological polar surface area (TPSA) is 81.2 Å². The third kappa shape index (κ3) is 2.43. The first-order valence-electron chi connectivity index (χ1n) is 6.16. The minimum atomic E-state index is -3.41. The molecule has 1 aromatic heterocycles. The zero-order valence-corrected chi connectivity index (χ0v) is 11.6. The summed E-state index contributed by atoms with van der Waals surface area (Å²) in [4.78, 5) is 0. The molecule has 1 saturated heterocycles. The van der Waals surface area contributed by atoms with Gasteiger partial charge < -0.3 is 5.73 Å². The molecule has 6 nitrogen and oxygen atoms in total. The number of aromatic nitrogens is 2. The molecule has 2 heterocycles. The van der Waals surface area contributed by atoms with Crippen molar-refractivity contribution in [3.05, 3.63) is 12.3 Å². The maximum absolute atomic E-state index is 12.4. The Kier molecular flexibility index (Phi) is 3.74. The van der Waals surface area contributed by atoms with Crippen LogP contribution in [0.2, 0.25) is 0 Å². The van der Waals surface area contributed by atoms with Crippen LogP contribution in [0.4, 0.5) is 0 Å². The summed E-state index contributed by atoms with van der Waals surface area (Å²) in [6.45, 7) is 3.06. The predicted molar refractivity (Wildman–Crippen MR) is 68.3 cm³/mol. The summed E-state index contributed by atoms with van der Waals surface area (Å²) in [5, 5.41) is 4.16. The van der Waals surface area contributed by atoms with Crippen molar-refractivity contribution < 1.29 is 8.42 Å². The lowest BCUT2D eigenvalue weighted by Crippen LogP contribution is -2.42. The Morgan fingerprint density at radius 3 is 2.50 bits per heavy atom. The average molecular weight is 272 g/mol. The fraction of sp³-hybridized carbons (Fsp3) is 0.727. The van der Waals surface area contributed by atoms with Crippen LogP contribution in [-0.4, -0.2) is 41.6 Å². The lowest BCUT2D eigenvalue weighted by atomic mass is 9.92. The molecule has 2 N–H and O–H groups in total. The molecule has 1 aromatic rings. The SMILES string of the molecule is CC(N)C1CCN(S(=O)(=O)c2ccnn2C)CC1. The number of piperidine rings is 1. The summed E-state index contributed by atoms with van der Waals surface area (Å²) in [5.41, 5.74) is 5.86. The summed E-state index contributed by atoms with van der Waals surface area (Å²) >= 11 is 0. The first-order valence-corrected chi connectivity index (χ1v) is 7.60. The van der Waals surface area contributed by atoms with E-state index in [1.54, 1.807) is 7.05 Å². The Morgan fingerprint density at radius 2 is 2.06 bits per heavy atom. The number of rotatable bonds is 3. The monoisotopic (exact) mass is 272 g/mol. The number of sulfonamides is 1. The largest absolute Gasteiger partial charge is 0.328 e. The van der Waals surface area contributed by atoms with Gasteiger partial charge in [0.1, 0.15) is 0 Å². The van der Waals surface area contributed by atoms with Crippen molar-refractivity contribution in [2.24, 2.45) is 18.7 Å².